The average Bonchev–Trinajstić information content (AvgIpc) is 2.29. The minimum absolute atomic E-state index is 0.222. The van der Waals surface area contributed by atoms with Crippen LogP contribution in [0.1, 0.15) is 11.1 Å². The molecule has 0 aromatic heterocycles. The standard InChI is InChI=1S/C13H13F3O2/c1-18-12(17)8-4-7-10-5-2-3-6-11(10)9-13(14,15)16/h2-6,8H,7,9H2,1H3/b8-4+. The maximum atomic E-state index is 12.3. The Kier molecular flexibility index (Phi) is 4.95. The van der Waals surface area contributed by atoms with Crippen molar-refractivity contribution >= 4 is 5.97 Å². The monoisotopic (exact) mass is 258 g/mol. The van der Waals surface area contributed by atoms with Crippen LogP contribution in [0.2, 0.25) is 0 Å². The zero-order chi connectivity index (χ0) is 13.6. The fraction of sp³-hybridized carbons (Fsp3) is 0.308. The molecule has 98 valence electrons. The minimum Gasteiger partial charge on any atom is -0.466 e. The van der Waals surface area contributed by atoms with Gasteiger partial charge in [0, 0.05) is 6.08 Å². The molecule has 0 heterocycles. The molecule has 2 nitrogen and oxygen atoms in total. The van der Waals surface area contributed by atoms with Gasteiger partial charge in [0.05, 0.1) is 13.5 Å². The lowest BCUT2D eigenvalue weighted by Crippen LogP contribution is -2.13. The van der Waals surface area contributed by atoms with E-state index in [2.05, 4.69) is 4.74 Å². The van der Waals surface area contributed by atoms with E-state index >= 15 is 0 Å². The zero-order valence-electron chi connectivity index (χ0n) is 9.83. The summed E-state index contributed by atoms with van der Waals surface area (Å²) in [4.78, 5) is 10.8. The van der Waals surface area contributed by atoms with Crippen molar-refractivity contribution in [3.8, 4) is 0 Å². The van der Waals surface area contributed by atoms with Gasteiger partial charge in [0.1, 0.15) is 0 Å². The van der Waals surface area contributed by atoms with Gasteiger partial charge in [-0.1, -0.05) is 30.3 Å². The van der Waals surface area contributed by atoms with E-state index in [1.54, 1.807) is 18.2 Å². The Balaban J connectivity index is 2.76. The molecule has 5 heteroatoms. The molecule has 0 bridgehead atoms. The van der Waals surface area contributed by atoms with Crippen LogP contribution in [0.15, 0.2) is 36.4 Å². The molecule has 1 rings (SSSR count). The summed E-state index contributed by atoms with van der Waals surface area (Å²) in [5.41, 5.74) is 0.773. The van der Waals surface area contributed by atoms with Gasteiger partial charge in [0.15, 0.2) is 0 Å². The second-order valence-corrected chi connectivity index (χ2v) is 3.69. The molecule has 0 aliphatic carbocycles. The van der Waals surface area contributed by atoms with Gasteiger partial charge in [0.2, 0.25) is 0 Å². The SMILES string of the molecule is COC(=O)/C=C/Cc1ccccc1CC(F)(F)F. The smallest absolute Gasteiger partial charge is 0.393 e. The van der Waals surface area contributed by atoms with E-state index < -0.39 is 18.6 Å². The fourth-order valence-corrected chi connectivity index (χ4v) is 1.50. The molecule has 0 radical (unpaired) electrons. The number of ether oxygens (including phenoxy) is 1. The number of esters is 1. The number of hydrogen-bond acceptors (Lipinski definition) is 2. The molecule has 0 N–H and O–H groups in total. The van der Waals surface area contributed by atoms with Crippen LogP contribution in [0.5, 0.6) is 0 Å². The highest BCUT2D eigenvalue weighted by Gasteiger charge is 2.28. The van der Waals surface area contributed by atoms with Gasteiger partial charge in [-0.15, -0.1) is 0 Å². The zero-order valence-corrected chi connectivity index (χ0v) is 9.83. The lowest BCUT2D eigenvalue weighted by molar-refractivity contribution is -0.135. The second kappa shape index (κ2) is 6.23. The summed E-state index contributed by atoms with van der Waals surface area (Å²) in [6.45, 7) is 0. The number of carbonyl (C=O) groups is 1. The van der Waals surface area contributed by atoms with Gasteiger partial charge in [-0.05, 0) is 17.5 Å². The van der Waals surface area contributed by atoms with Gasteiger partial charge in [0.25, 0.3) is 0 Å². The van der Waals surface area contributed by atoms with Crippen LogP contribution in [-0.2, 0) is 22.4 Å². The van der Waals surface area contributed by atoms with Crippen molar-refractivity contribution in [3.63, 3.8) is 0 Å². The van der Waals surface area contributed by atoms with Crippen molar-refractivity contribution in [1.82, 2.24) is 0 Å². The molecule has 0 amide bonds. The van der Waals surface area contributed by atoms with Crippen LogP contribution >= 0.6 is 0 Å². The topological polar surface area (TPSA) is 26.3 Å². The number of alkyl halides is 3. The third-order valence-corrected chi connectivity index (χ3v) is 2.30. The molecule has 1 aromatic rings. The Morgan fingerprint density at radius 1 is 1.28 bits per heavy atom. The van der Waals surface area contributed by atoms with Crippen LogP contribution in [0.4, 0.5) is 13.2 Å². The molecule has 0 aliphatic rings. The Labute approximate surface area is 103 Å². The highest BCUT2D eigenvalue weighted by Crippen LogP contribution is 2.23. The number of halogens is 3. The predicted molar refractivity (Wildman–Crippen MR) is 61.1 cm³/mol. The van der Waals surface area contributed by atoms with E-state index in [-0.39, 0.29) is 12.0 Å². The van der Waals surface area contributed by atoms with Crippen molar-refractivity contribution in [2.75, 3.05) is 7.11 Å². The third-order valence-electron chi connectivity index (χ3n) is 2.30. The first kappa shape index (κ1) is 14.3. The summed E-state index contributed by atoms with van der Waals surface area (Å²) < 4.78 is 41.4. The van der Waals surface area contributed by atoms with E-state index in [1.165, 1.54) is 25.3 Å². The first-order valence-corrected chi connectivity index (χ1v) is 5.30. The quantitative estimate of drug-likeness (QED) is 0.613. The summed E-state index contributed by atoms with van der Waals surface area (Å²) in [6.07, 6.45) is -2.25. The van der Waals surface area contributed by atoms with Gasteiger partial charge in [-0.25, -0.2) is 4.79 Å². The van der Waals surface area contributed by atoms with Gasteiger partial charge in [-0.3, -0.25) is 0 Å². The van der Waals surface area contributed by atoms with Crippen molar-refractivity contribution in [2.24, 2.45) is 0 Å². The molecule has 0 atom stereocenters. The summed E-state index contributed by atoms with van der Waals surface area (Å²) in [5, 5.41) is 0. The average molecular weight is 258 g/mol. The van der Waals surface area contributed by atoms with E-state index in [0.717, 1.165) is 0 Å². The largest absolute Gasteiger partial charge is 0.466 e. The summed E-state index contributed by atoms with van der Waals surface area (Å²) in [7, 11) is 1.24. The first-order valence-electron chi connectivity index (χ1n) is 5.30. The van der Waals surface area contributed by atoms with E-state index in [0.29, 0.717) is 5.56 Å². The molecule has 18 heavy (non-hydrogen) atoms. The van der Waals surface area contributed by atoms with Crippen LogP contribution in [0.25, 0.3) is 0 Å². The van der Waals surface area contributed by atoms with Gasteiger partial charge >= 0.3 is 12.1 Å². The van der Waals surface area contributed by atoms with E-state index in [4.69, 9.17) is 0 Å². The minimum atomic E-state index is -4.23. The lowest BCUT2D eigenvalue weighted by Gasteiger charge is -2.10. The fourth-order valence-electron chi connectivity index (χ4n) is 1.50. The van der Waals surface area contributed by atoms with Crippen LogP contribution in [0.3, 0.4) is 0 Å². The van der Waals surface area contributed by atoms with Crippen LogP contribution in [0, 0.1) is 0 Å². The highest BCUT2D eigenvalue weighted by atomic mass is 19.4. The Morgan fingerprint density at radius 2 is 1.89 bits per heavy atom. The number of allylic oxidation sites excluding steroid dienone is 1. The maximum Gasteiger partial charge on any atom is 0.393 e. The van der Waals surface area contributed by atoms with Crippen molar-refractivity contribution in [2.45, 2.75) is 19.0 Å². The summed E-state index contributed by atoms with van der Waals surface area (Å²) in [5.74, 6) is -0.525. The summed E-state index contributed by atoms with van der Waals surface area (Å²) >= 11 is 0. The molecular formula is C13H13F3O2. The van der Waals surface area contributed by atoms with Crippen LogP contribution < -0.4 is 0 Å². The Morgan fingerprint density at radius 3 is 2.44 bits per heavy atom. The van der Waals surface area contributed by atoms with Crippen molar-refractivity contribution in [1.29, 1.82) is 0 Å². The molecule has 0 unspecified atom stereocenters. The molecule has 1 aromatic carbocycles. The van der Waals surface area contributed by atoms with E-state index in [9.17, 15) is 18.0 Å². The van der Waals surface area contributed by atoms with Gasteiger partial charge in [-0.2, -0.15) is 13.2 Å². The third kappa shape index (κ3) is 5.03. The van der Waals surface area contributed by atoms with Crippen molar-refractivity contribution in [3.05, 3.63) is 47.5 Å². The van der Waals surface area contributed by atoms with Crippen molar-refractivity contribution < 1.29 is 22.7 Å². The first-order chi connectivity index (χ1) is 8.42. The molecular weight excluding hydrogens is 245 g/mol. The van der Waals surface area contributed by atoms with E-state index in [1.807, 2.05) is 0 Å². The highest BCUT2D eigenvalue weighted by molar-refractivity contribution is 5.81. The Hall–Kier alpha value is -1.78. The predicted octanol–water partition coefficient (Wildman–Crippen LogP) is 3.06. The number of methoxy groups -OCH3 is 1. The molecule has 0 aliphatic heterocycles. The van der Waals surface area contributed by atoms with Crippen LogP contribution in [-0.4, -0.2) is 19.3 Å². The lowest BCUT2D eigenvalue weighted by atomic mass is 10.0. The molecule has 0 saturated heterocycles. The number of hydrogen-bond donors (Lipinski definition) is 0. The molecule has 0 fully saturated rings. The Bertz CT molecular complexity index is 436. The number of rotatable bonds is 4. The normalized spacial score (nSPS) is 11.8. The molecule has 0 saturated carbocycles. The molecule has 0 spiro atoms. The second-order valence-electron chi connectivity index (χ2n) is 3.69. The van der Waals surface area contributed by atoms with Gasteiger partial charge < -0.3 is 4.74 Å². The summed E-state index contributed by atoms with van der Waals surface area (Å²) in [6, 6.07) is 6.29. The number of carbonyl (C=O) groups excluding carboxylic acids is 1. The maximum absolute atomic E-state index is 12.3. The number of benzene rings is 1.